The summed E-state index contributed by atoms with van der Waals surface area (Å²) >= 11 is 0. The Balaban J connectivity index is 3.25. The van der Waals surface area contributed by atoms with E-state index in [1.807, 2.05) is 26.8 Å². The van der Waals surface area contributed by atoms with E-state index in [0.29, 0.717) is 6.42 Å². The molecule has 0 amide bonds. The zero-order chi connectivity index (χ0) is 13.4. The Kier molecular flexibility index (Phi) is 3.51. The molecule has 0 aliphatic carbocycles. The van der Waals surface area contributed by atoms with E-state index in [0.717, 1.165) is 22.3 Å². The van der Waals surface area contributed by atoms with E-state index < -0.39 is 11.4 Å². The fourth-order valence-electron chi connectivity index (χ4n) is 1.86. The molecule has 0 unspecified atom stereocenters. The van der Waals surface area contributed by atoms with E-state index in [9.17, 15) is 9.90 Å². The molecule has 1 rings (SSSR count). The summed E-state index contributed by atoms with van der Waals surface area (Å²) in [4.78, 5) is 11.1. The molecular weight excluding hydrogens is 216 g/mol. The van der Waals surface area contributed by atoms with Crippen LogP contribution in [0, 0.1) is 26.2 Å². The predicted octanol–water partition coefficient (Wildman–Crippen LogP) is 2.97. The average molecular weight is 236 g/mol. The molecule has 0 aromatic heterocycles. The minimum atomic E-state index is -0.871. The zero-order valence-corrected chi connectivity index (χ0v) is 11.1. The standard InChI is InChI=1S/C14H20O3/c1-8-6-9(2)11(12(15)10(8)3)7-14(4,5)13(16)17/h6,15H,7H2,1-5H3,(H,16,17). The van der Waals surface area contributed by atoms with Crippen LogP contribution < -0.4 is 0 Å². The number of carbonyl (C=O) groups is 1. The Morgan fingerprint density at radius 1 is 1.24 bits per heavy atom. The van der Waals surface area contributed by atoms with Crippen molar-refractivity contribution in [3.8, 4) is 5.75 Å². The Bertz CT molecular complexity index is 459. The molecule has 0 saturated carbocycles. The van der Waals surface area contributed by atoms with Crippen LogP contribution in [0.15, 0.2) is 6.07 Å². The van der Waals surface area contributed by atoms with E-state index in [1.54, 1.807) is 13.8 Å². The summed E-state index contributed by atoms with van der Waals surface area (Å²) in [5.41, 5.74) is 2.66. The molecule has 0 aliphatic rings. The molecule has 0 heterocycles. The van der Waals surface area contributed by atoms with Gasteiger partial charge < -0.3 is 10.2 Å². The third-order valence-corrected chi connectivity index (χ3v) is 3.34. The minimum absolute atomic E-state index is 0.233. The number of aryl methyl sites for hydroxylation is 2. The van der Waals surface area contributed by atoms with Crippen LogP contribution in [0.5, 0.6) is 5.75 Å². The van der Waals surface area contributed by atoms with Gasteiger partial charge in [-0.15, -0.1) is 0 Å². The van der Waals surface area contributed by atoms with Gasteiger partial charge in [-0.25, -0.2) is 0 Å². The molecule has 94 valence electrons. The van der Waals surface area contributed by atoms with E-state index in [4.69, 9.17) is 5.11 Å². The highest BCUT2D eigenvalue weighted by Crippen LogP contribution is 2.33. The van der Waals surface area contributed by atoms with Gasteiger partial charge in [-0.3, -0.25) is 4.79 Å². The predicted molar refractivity (Wildman–Crippen MR) is 67.4 cm³/mol. The summed E-state index contributed by atoms with van der Waals surface area (Å²) in [6, 6.07) is 1.99. The molecule has 3 nitrogen and oxygen atoms in total. The van der Waals surface area contributed by atoms with Crippen LogP contribution in [0.2, 0.25) is 0 Å². The van der Waals surface area contributed by atoms with Gasteiger partial charge >= 0.3 is 5.97 Å². The van der Waals surface area contributed by atoms with Gasteiger partial charge in [-0.2, -0.15) is 0 Å². The van der Waals surface area contributed by atoms with Crippen molar-refractivity contribution >= 4 is 5.97 Å². The van der Waals surface area contributed by atoms with Crippen molar-refractivity contribution in [3.05, 3.63) is 28.3 Å². The summed E-state index contributed by atoms with van der Waals surface area (Å²) in [5, 5.41) is 19.2. The fraction of sp³-hybridized carbons (Fsp3) is 0.500. The van der Waals surface area contributed by atoms with Gasteiger partial charge in [0.05, 0.1) is 5.41 Å². The van der Waals surface area contributed by atoms with Gasteiger partial charge in [0.2, 0.25) is 0 Å². The highest BCUT2D eigenvalue weighted by Gasteiger charge is 2.29. The van der Waals surface area contributed by atoms with Crippen LogP contribution >= 0.6 is 0 Å². The number of carboxylic acids is 1. The smallest absolute Gasteiger partial charge is 0.309 e. The third kappa shape index (κ3) is 2.60. The summed E-state index contributed by atoms with van der Waals surface area (Å²) in [5.74, 6) is -0.619. The molecule has 3 heteroatoms. The molecule has 0 fully saturated rings. The summed E-state index contributed by atoms with van der Waals surface area (Å²) in [6.45, 7) is 9.03. The molecule has 0 saturated heterocycles. The second-order valence-corrected chi connectivity index (χ2v) is 5.33. The molecule has 0 aliphatic heterocycles. The van der Waals surface area contributed by atoms with Crippen molar-refractivity contribution < 1.29 is 15.0 Å². The van der Waals surface area contributed by atoms with E-state index in [2.05, 4.69) is 0 Å². The Labute approximate surface area is 102 Å². The normalized spacial score (nSPS) is 11.6. The largest absolute Gasteiger partial charge is 0.507 e. The maximum atomic E-state index is 11.1. The molecule has 0 bridgehead atoms. The monoisotopic (exact) mass is 236 g/mol. The van der Waals surface area contributed by atoms with E-state index >= 15 is 0 Å². The Hall–Kier alpha value is -1.51. The number of rotatable bonds is 3. The molecular formula is C14H20O3. The van der Waals surface area contributed by atoms with Gasteiger partial charge in [0.15, 0.2) is 0 Å². The van der Waals surface area contributed by atoms with Crippen LogP contribution in [0.1, 0.15) is 36.1 Å². The van der Waals surface area contributed by atoms with E-state index in [1.165, 1.54) is 0 Å². The first kappa shape index (κ1) is 13.6. The highest BCUT2D eigenvalue weighted by molar-refractivity contribution is 5.74. The van der Waals surface area contributed by atoms with Crippen LogP contribution in [0.3, 0.4) is 0 Å². The van der Waals surface area contributed by atoms with Gasteiger partial charge in [-0.05, 0) is 63.3 Å². The minimum Gasteiger partial charge on any atom is -0.507 e. The van der Waals surface area contributed by atoms with Crippen LogP contribution in [0.25, 0.3) is 0 Å². The van der Waals surface area contributed by atoms with Crippen molar-refractivity contribution in [2.24, 2.45) is 5.41 Å². The summed E-state index contributed by atoms with van der Waals surface area (Å²) in [7, 11) is 0. The summed E-state index contributed by atoms with van der Waals surface area (Å²) in [6.07, 6.45) is 0.334. The number of aliphatic carboxylic acids is 1. The molecule has 1 aromatic rings. The number of carboxylic acid groups (broad SMARTS) is 1. The maximum absolute atomic E-state index is 11.1. The Morgan fingerprint density at radius 2 is 1.76 bits per heavy atom. The van der Waals surface area contributed by atoms with Gasteiger partial charge in [0.25, 0.3) is 0 Å². The van der Waals surface area contributed by atoms with Crippen LogP contribution in [-0.2, 0) is 11.2 Å². The topological polar surface area (TPSA) is 57.5 Å². The number of hydrogen-bond acceptors (Lipinski definition) is 2. The van der Waals surface area contributed by atoms with E-state index in [-0.39, 0.29) is 5.75 Å². The molecule has 0 radical (unpaired) electrons. The van der Waals surface area contributed by atoms with Crippen LogP contribution in [-0.4, -0.2) is 16.2 Å². The SMILES string of the molecule is Cc1cc(C)c(CC(C)(C)C(=O)O)c(O)c1C. The fourth-order valence-corrected chi connectivity index (χ4v) is 1.86. The lowest BCUT2D eigenvalue weighted by molar-refractivity contribution is -0.146. The lowest BCUT2D eigenvalue weighted by atomic mass is 9.83. The van der Waals surface area contributed by atoms with Crippen LogP contribution in [0.4, 0.5) is 0 Å². The van der Waals surface area contributed by atoms with Crippen molar-refractivity contribution in [3.63, 3.8) is 0 Å². The highest BCUT2D eigenvalue weighted by atomic mass is 16.4. The van der Waals surface area contributed by atoms with Crippen molar-refractivity contribution in [2.75, 3.05) is 0 Å². The Morgan fingerprint density at radius 3 is 2.24 bits per heavy atom. The van der Waals surface area contributed by atoms with Gasteiger partial charge in [-0.1, -0.05) is 6.07 Å². The van der Waals surface area contributed by atoms with Crippen molar-refractivity contribution in [2.45, 2.75) is 41.0 Å². The number of hydrogen-bond donors (Lipinski definition) is 2. The molecule has 0 spiro atoms. The quantitative estimate of drug-likeness (QED) is 0.848. The molecule has 2 N–H and O–H groups in total. The van der Waals surface area contributed by atoms with Crippen molar-refractivity contribution in [1.29, 1.82) is 0 Å². The number of benzene rings is 1. The molecule has 17 heavy (non-hydrogen) atoms. The zero-order valence-electron chi connectivity index (χ0n) is 11.1. The number of aromatic hydroxyl groups is 1. The van der Waals surface area contributed by atoms with Crippen molar-refractivity contribution in [1.82, 2.24) is 0 Å². The molecule has 0 atom stereocenters. The lowest BCUT2D eigenvalue weighted by Crippen LogP contribution is -2.26. The lowest BCUT2D eigenvalue weighted by Gasteiger charge is -2.22. The number of phenolic OH excluding ortho intramolecular Hbond substituents is 1. The summed E-state index contributed by atoms with van der Waals surface area (Å²) < 4.78 is 0. The maximum Gasteiger partial charge on any atom is 0.309 e. The van der Waals surface area contributed by atoms with Gasteiger partial charge in [0, 0.05) is 0 Å². The number of phenols is 1. The van der Waals surface area contributed by atoms with Gasteiger partial charge in [0.1, 0.15) is 5.75 Å². The first-order valence-corrected chi connectivity index (χ1v) is 5.69. The molecule has 1 aromatic carbocycles. The first-order valence-electron chi connectivity index (χ1n) is 5.69. The third-order valence-electron chi connectivity index (χ3n) is 3.34. The second kappa shape index (κ2) is 4.40. The average Bonchev–Trinajstić information content (AvgIpc) is 2.21. The second-order valence-electron chi connectivity index (χ2n) is 5.33. The first-order chi connectivity index (χ1) is 7.66.